The molecule has 0 aliphatic heterocycles. The molecule has 7 nitrogen and oxygen atoms in total. The van der Waals surface area contributed by atoms with Gasteiger partial charge in [0.15, 0.2) is 0 Å². The first kappa shape index (κ1) is 15.0. The number of hydrogen-bond acceptors (Lipinski definition) is 4. The minimum Gasteiger partial charge on any atom is -0.351 e. The van der Waals surface area contributed by atoms with Crippen LogP contribution in [-0.4, -0.2) is 31.9 Å². The summed E-state index contributed by atoms with van der Waals surface area (Å²) in [4.78, 5) is 24.0. The lowest BCUT2D eigenvalue weighted by atomic mass is 10.1. The Labute approximate surface area is 132 Å². The van der Waals surface area contributed by atoms with E-state index in [4.69, 9.17) is 0 Å². The van der Waals surface area contributed by atoms with E-state index < -0.39 is 0 Å². The summed E-state index contributed by atoms with van der Waals surface area (Å²) in [5.74, 6) is -0.144. The minimum absolute atomic E-state index is 0.0589. The van der Waals surface area contributed by atoms with Crippen LogP contribution in [0, 0.1) is 0 Å². The number of H-pyrrole nitrogens is 1. The van der Waals surface area contributed by atoms with Crippen LogP contribution in [0.25, 0.3) is 10.8 Å². The Morgan fingerprint density at radius 1 is 1.30 bits per heavy atom. The Balaban J connectivity index is 1.71. The van der Waals surface area contributed by atoms with Crippen LogP contribution in [0.3, 0.4) is 0 Å². The standard InChI is InChI=1S/C16H17N5O2/c1-11(10-21-8-4-7-17-21)18-15(22)9-14-12-5-2-3-6-13(12)16(23)20-19-14/h2-8,11H,9-10H2,1H3,(H,18,22)(H,20,23)/t11-/m1/s1. The van der Waals surface area contributed by atoms with Gasteiger partial charge in [-0.2, -0.15) is 10.2 Å². The smallest absolute Gasteiger partial charge is 0.272 e. The van der Waals surface area contributed by atoms with Crippen molar-refractivity contribution in [3.63, 3.8) is 0 Å². The number of nitrogens with one attached hydrogen (secondary N) is 2. The summed E-state index contributed by atoms with van der Waals surface area (Å²) >= 11 is 0. The Kier molecular flexibility index (Phi) is 4.18. The highest BCUT2D eigenvalue weighted by Gasteiger charge is 2.13. The SMILES string of the molecule is C[C@H](Cn1cccn1)NC(=O)Cc1n[nH]c(=O)c2ccccc12. The first-order valence-corrected chi connectivity index (χ1v) is 7.36. The first-order valence-electron chi connectivity index (χ1n) is 7.36. The molecule has 0 aliphatic rings. The number of aromatic nitrogens is 4. The molecule has 1 atom stereocenters. The van der Waals surface area contributed by atoms with Gasteiger partial charge < -0.3 is 5.32 Å². The monoisotopic (exact) mass is 311 g/mol. The van der Waals surface area contributed by atoms with Crippen molar-refractivity contribution in [3.05, 3.63) is 58.8 Å². The van der Waals surface area contributed by atoms with Crippen LogP contribution in [0.2, 0.25) is 0 Å². The molecule has 3 aromatic rings. The molecule has 0 unspecified atom stereocenters. The van der Waals surface area contributed by atoms with Crippen molar-refractivity contribution in [2.75, 3.05) is 0 Å². The van der Waals surface area contributed by atoms with Gasteiger partial charge in [-0.1, -0.05) is 18.2 Å². The molecule has 118 valence electrons. The number of benzene rings is 1. The van der Waals surface area contributed by atoms with Crippen LogP contribution in [0.4, 0.5) is 0 Å². The second-order valence-corrected chi connectivity index (χ2v) is 5.42. The maximum absolute atomic E-state index is 12.2. The van der Waals surface area contributed by atoms with Crippen LogP contribution >= 0.6 is 0 Å². The predicted octanol–water partition coefficient (Wildman–Crippen LogP) is 0.867. The molecule has 0 saturated carbocycles. The number of fused-ring (bicyclic) bond motifs is 1. The fourth-order valence-electron chi connectivity index (χ4n) is 2.52. The second-order valence-electron chi connectivity index (χ2n) is 5.42. The molecule has 1 aromatic carbocycles. The van der Waals surface area contributed by atoms with Gasteiger partial charge in [0.1, 0.15) is 0 Å². The highest BCUT2D eigenvalue weighted by atomic mass is 16.1. The molecule has 7 heteroatoms. The Morgan fingerprint density at radius 2 is 2.09 bits per heavy atom. The number of carbonyl (C=O) groups is 1. The second kappa shape index (κ2) is 6.43. The molecule has 2 heterocycles. The molecule has 0 aliphatic carbocycles. The van der Waals surface area contributed by atoms with Gasteiger partial charge in [0, 0.05) is 23.8 Å². The Bertz CT molecular complexity index is 870. The van der Waals surface area contributed by atoms with Gasteiger partial charge in [-0.15, -0.1) is 0 Å². The van der Waals surface area contributed by atoms with Crippen molar-refractivity contribution >= 4 is 16.7 Å². The molecule has 2 aromatic heterocycles. The third-order valence-electron chi connectivity index (χ3n) is 3.53. The van der Waals surface area contributed by atoms with E-state index in [-0.39, 0.29) is 23.9 Å². The van der Waals surface area contributed by atoms with Crippen molar-refractivity contribution in [3.8, 4) is 0 Å². The summed E-state index contributed by atoms with van der Waals surface area (Å²) in [6.45, 7) is 2.51. The molecular weight excluding hydrogens is 294 g/mol. The van der Waals surface area contributed by atoms with E-state index in [0.717, 1.165) is 0 Å². The van der Waals surface area contributed by atoms with E-state index in [9.17, 15) is 9.59 Å². The highest BCUT2D eigenvalue weighted by molar-refractivity contribution is 5.88. The predicted molar refractivity (Wildman–Crippen MR) is 85.9 cm³/mol. The zero-order chi connectivity index (χ0) is 16.2. The lowest BCUT2D eigenvalue weighted by molar-refractivity contribution is -0.121. The van der Waals surface area contributed by atoms with Gasteiger partial charge in [-0.25, -0.2) is 5.10 Å². The maximum atomic E-state index is 12.2. The van der Waals surface area contributed by atoms with Gasteiger partial charge in [0.25, 0.3) is 5.56 Å². The lowest BCUT2D eigenvalue weighted by Gasteiger charge is -2.14. The topological polar surface area (TPSA) is 92.7 Å². The molecule has 2 N–H and O–H groups in total. The third kappa shape index (κ3) is 3.45. The molecule has 0 radical (unpaired) electrons. The van der Waals surface area contributed by atoms with E-state index in [1.165, 1.54) is 0 Å². The van der Waals surface area contributed by atoms with Gasteiger partial charge in [0.05, 0.1) is 24.0 Å². The summed E-state index contributed by atoms with van der Waals surface area (Å²) in [6.07, 6.45) is 3.66. The average molecular weight is 311 g/mol. The van der Waals surface area contributed by atoms with Gasteiger partial charge in [-0.05, 0) is 19.1 Å². The number of aromatic amines is 1. The van der Waals surface area contributed by atoms with Crippen LogP contribution < -0.4 is 10.9 Å². The Morgan fingerprint density at radius 3 is 2.83 bits per heavy atom. The van der Waals surface area contributed by atoms with E-state index in [1.54, 1.807) is 29.1 Å². The molecule has 0 saturated heterocycles. The van der Waals surface area contributed by atoms with Crippen molar-refractivity contribution in [2.24, 2.45) is 0 Å². The largest absolute Gasteiger partial charge is 0.351 e. The molecule has 0 bridgehead atoms. The summed E-state index contributed by atoms with van der Waals surface area (Å²) in [5, 5.41) is 14.7. The molecule has 23 heavy (non-hydrogen) atoms. The fourth-order valence-corrected chi connectivity index (χ4v) is 2.52. The molecular formula is C16H17N5O2. The van der Waals surface area contributed by atoms with E-state index in [1.807, 2.05) is 25.3 Å². The summed E-state index contributed by atoms with van der Waals surface area (Å²) in [6, 6.07) is 8.91. The number of carbonyl (C=O) groups excluding carboxylic acids is 1. The van der Waals surface area contributed by atoms with Gasteiger partial charge >= 0.3 is 0 Å². The minimum atomic E-state index is -0.253. The fraction of sp³-hybridized carbons (Fsp3) is 0.250. The van der Waals surface area contributed by atoms with Crippen LogP contribution in [0.15, 0.2) is 47.5 Å². The van der Waals surface area contributed by atoms with Crippen molar-refractivity contribution < 1.29 is 4.79 Å². The van der Waals surface area contributed by atoms with Gasteiger partial charge in [0.2, 0.25) is 5.91 Å². The van der Waals surface area contributed by atoms with Crippen LogP contribution in [0.5, 0.6) is 0 Å². The lowest BCUT2D eigenvalue weighted by Crippen LogP contribution is -2.37. The normalized spacial score (nSPS) is 12.2. The first-order chi connectivity index (χ1) is 11.1. The zero-order valence-electron chi connectivity index (χ0n) is 12.7. The maximum Gasteiger partial charge on any atom is 0.272 e. The number of hydrogen-bond donors (Lipinski definition) is 2. The number of rotatable bonds is 5. The quantitative estimate of drug-likeness (QED) is 0.731. The zero-order valence-corrected chi connectivity index (χ0v) is 12.7. The van der Waals surface area contributed by atoms with Gasteiger partial charge in [-0.3, -0.25) is 14.3 Å². The van der Waals surface area contributed by atoms with Crippen molar-refractivity contribution in [2.45, 2.75) is 25.9 Å². The Hall–Kier alpha value is -2.96. The van der Waals surface area contributed by atoms with Crippen molar-refractivity contribution in [1.29, 1.82) is 0 Å². The number of nitrogens with zero attached hydrogens (tertiary/aromatic N) is 3. The van der Waals surface area contributed by atoms with E-state index >= 15 is 0 Å². The van der Waals surface area contributed by atoms with E-state index in [2.05, 4.69) is 20.6 Å². The summed E-state index contributed by atoms with van der Waals surface area (Å²) < 4.78 is 1.76. The molecule has 0 spiro atoms. The van der Waals surface area contributed by atoms with Crippen LogP contribution in [0.1, 0.15) is 12.6 Å². The van der Waals surface area contributed by atoms with Crippen molar-refractivity contribution in [1.82, 2.24) is 25.3 Å². The molecule has 1 amide bonds. The summed E-state index contributed by atoms with van der Waals surface area (Å²) in [7, 11) is 0. The molecule has 0 fully saturated rings. The van der Waals surface area contributed by atoms with E-state index in [0.29, 0.717) is 23.0 Å². The van der Waals surface area contributed by atoms with Crippen LogP contribution in [-0.2, 0) is 17.8 Å². The number of amides is 1. The highest BCUT2D eigenvalue weighted by Crippen LogP contribution is 2.12. The molecule has 3 rings (SSSR count). The summed E-state index contributed by atoms with van der Waals surface area (Å²) in [5.41, 5.74) is 0.306. The third-order valence-corrected chi connectivity index (χ3v) is 3.53. The average Bonchev–Trinajstić information content (AvgIpc) is 3.03.